The Morgan fingerprint density at radius 3 is 2.22 bits per heavy atom. The van der Waals surface area contributed by atoms with E-state index in [1.165, 1.54) is 29.6 Å². The molecule has 3 aromatic rings. The topological polar surface area (TPSA) is 108 Å². The van der Waals surface area contributed by atoms with E-state index in [0.717, 1.165) is 26.2 Å². The maximum atomic E-state index is 12.7. The van der Waals surface area contributed by atoms with Crippen molar-refractivity contribution < 1.29 is 13.2 Å². The maximum absolute atomic E-state index is 12.7. The van der Waals surface area contributed by atoms with Gasteiger partial charge in [0.2, 0.25) is 11.9 Å². The van der Waals surface area contributed by atoms with E-state index in [1.807, 2.05) is 18.2 Å². The zero-order valence-corrected chi connectivity index (χ0v) is 23.0. The van der Waals surface area contributed by atoms with Crippen LogP contribution in [-0.4, -0.2) is 65.4 Å². The van der Waals surface area contributed by atoms with Crippen LogP contribution in [0.2, 0.25) is 0 Å². The van der Waals surface area contributed by atoms with Crippen LogP contribution in [0.3, 0.4) is 0 Å². The highest BCUT2D eigenvalue weighted by Gasteiger charge is 2.20. The quantitative estimate of drug-likeness (QED) is 0.422. The first-order valence-corrected chi connectivity index (χ1v) is 14.5. The average molecular weight is 557 g/mol. The number of carbonyl (C=O) groups excluding carboxylic acids is 1. The minimum Gasteiger partial charge on any atom is -0.368 e. The van der Waals surface area contributed by atoms with Gasteiger partial charge in [0.25, 0.3) is 10.0 Å². The van der Waals surface area contributed by atoms with E-state index in [2.05, 4.69) is 41.9 Å². The number of nitrogens with zero attached hydrogens (tertiary/aromatic N) is 4. The fourth-order valence-electron chi connectivity index (χ4n) is 3.87. The van der Waals surface area contributed by atoms with Crippen LogP contribution in [0.15, 0.2) is 65.6 Å². The van der Waals surface area contributed by atoms with Crippen LogP contribution in [-0.2, 0) is 14.8 Å². The van der Waals surface area contributed by atoms with Gasteiger partial charge in [-0.15, -0.1) is 0 Å². The summed E-state index contributed by atoms with van der Waals surface area (Å²) in [5, 5.41) is 2.79. The van der Waals surface area contributed by atoms with E-state index >= 15 is 0 Å². The van der Waals surface area contributed by atoms with Gasteiger partial charge in [0.15, 0.2) is 0 Å². The monoisotopic (exact) mass is 556 g/mol. The van der Waals surface area contributed by atoms with Crippen LogP contribution in [0.5, 0.6) is 0 Å². The molecule has 37 heavy (non-hydrogen) atoms. The highest BCUT2D eigenvalue weighted by Crippen LogP contribution is 2.20. The van der Waals surface area contributed by atoms with E-state index in [-0.39, 0.29) is 22.5 Å². The number of rotatable bonds is 7. The summed E-state index contributed by atoms with van der Waals surface area (Å²) in [5.41, 5.74) is 3.02. The van der Waals surface area contributed by atoms with Crippen molar-refractivity contribution in [1.29, 1.82) is 0 Å². The van der Waals surface area contributed by atoms with Crippen molar-refractivity contribution in [2.24, 2.45) is 0 Å². The van der Waals surface area contributed by atoms with Gasteiger partial charge in [-0.25, -0.2) is 23.1 Å². The number of thioether (sulfide) groups is 1. The number of anilines is 3. The molecular weight excluding hydrogens is 529 g/mol. The van der Waals surface area contributed by atoms with Crippen LogP contribution < -0.4 is 14.9 Å². The molecule has 1 amide bonds. The normalized spacial score (nSPS) is 13.8. The Morgan fingerprint density at radius 1 is 0.973 bits per heavy atom. The Kier molecular flexibility index (Phi) is 8.62. The van der Waals surface area contributed by atoms with Gasteiger partial charge in [-0.2, -0.15) is 0 Å². The zero-order valence-electron chi connectivity index (χ0n) is 20.5. The van der Waals surface area contributed by atoms with E-state index in [0.29, 0.717) is 21.4 Å². The fraction of sp³-hybridized carbons (Fsp3) is 0.280. The van der Waals surface area contributed by atoms with E-state index < -0.39 is 10.0 Å². The minimum absolute atomic E-state index is 0.0179. The number of benzene rings is 2. The van der Waals surface area contributed by atoms with Crippen LogP contribution >= 0.6 is 24.0 Å². The number of aryl methyl sites for hydroxylation is 2. The molecule has 0 saturated carbocycles. The number of carbonyl (C=O) groups is 1. The lowest BCUT2D eigenvalue weighted by atomic mass is 10.2. The number of aromatic nitrogens is 2. The molecule has 1 aliphatic heterocycles. The zero-order chi connectivity index (χ0) is 26.4. The molecule has 0 spiro atoms. The molecule has 0 radical (unpaired) electrons. The van der Waals surface area contributed by atoms with Crippen molar-refractivity contribution in [2.75, 3.05) is 46.9 Å². The fourth-order valence-corrected chi connectivity index (χ4v) is 5.86. The van der Waals surface area contributed by atoms with Gasteiger partial charge in [-0.05, 0) is 56.3 Å². The molecule has 2 N–H and O–H groups in total. The smallest absolute Gasteiger partial charge is 0.264 e. The molecular formula is C25H28N6O3S3. The molecule has 194 valence electrons. The largest absolute Gasteiger partial charge is 0.368 e. The SMILES string of the molecule is Cc1cc(C)nc(NS(=O)(=O)c2ccc(NC(=O)CSC(=S)N3CCN(c4ccccc4)CC3)cc2)n1. The summed E-state index contributed by atoms with van der Waals surface area (Å²) in [7, 11) is -3.87. The third kappa shape index (κ3) is 7.40. The maximum Gasteiger partial charge on any atom is 0.264 e. The summed E-state index contributed by atoms with van der Waals surface area (Å²) < 4.78 is 28.5. The number of amides is 1. The van der Waals surface area contributed by atoms with Gasteiger partial charge >= 0.3 is 0 Å². The minimum atomic E-state index is -3.87. The lowest BCUT2D eigenvalue weighted by Gasteiger charge is -2.37. The van der Waals surface area contributed by atoms with Crippen molar-refractivity contribution >= 4 is 61.6 Å². The van der Waals surface area contributed by atoms with Gasteiger partial charge in [0.1, 0.15) is 4.32 Å². The molecule has 2 aromatic carbocycles. The Balaban J connectivity index is 1.24. The summed E-state index contributed by atoms with van der Waals surface area (Å²) in [6.07, 6.45) is 0. The van der Waals surface area contributed by atoms with Gasteiger partial charge in [0.05, 0.1) is 10.6 Å². The molecule has 0 bridgehead atoms. The molecule has 12 heteroatoms. The first-order valence-electron chi connectivity index (χ1n) is 11.7. The van der Waals surface area contributed by atoms with Crippen molar-refractivity contribution in [3.63, 3.8) is 0 Å². The summed E-state index contributed by atoms with van der Waals surface area (Å²) in [6, 6.07) is 18.0. The summed E-state index contributed by atoms with van der Waals surface area (Å²) >= 11 is 6.87. The Morgan fingerprint density at radius 2 is 1.59 bits per heavy atom. The van der Waals surface area contributed by atoms with Gasteiger partial charge < -0.3 is 15.1 Å². The highest BCUT2D eigenvalue weighted by atomic mass is 32.2. The Bertz CT molecular complexity index is 1340. The second-order valence-corrected chi connectivity index (χ2v) is 11.8. The number of nitrogens with one attached hydrogen (secondary N) is 2. The Hall–Kier alpha value is -3.22. The van der Waals surface area contributed by atoms with Crippen molar-refractivity contribution in [2.45, 2.75) is 18.7 Å². The predicted molar refractivity (Wildman–Crippen MR) is 153 cm³/mol. The van der Waals surface area contributed by atoms with Crippen LogP contribution in [0, 0.1) is 13.8 Å². The molecule has 0 unspecified atom stereocenters. The number of hydrogen-bond acceptors (Lipinski definition) is 8. The highest BCUT2D eigenvalue weighted by molar-refractivity contribution is 8.23. The van der Waals surface area contributed by atoms with E-state index in [1.54, 1.807) is 32.0 Å². The lowest BCUT2D eigenvalue weighted by Crippen LogP contribution is -2.47. The third-order valence-electron chi connectivity index (χ3n) is 5.64. The molecule has 2 heterocycles. The summed E-state index contributed by atoms with van der Waals surface area (Å²) in [6.45, 7) is 6.88. The van der Waals surface area contributed by atoms with Crippen molar-refractivity contribution in [3.05, 3.63) is 72.1 Å². The molecule has 0 atom stereocenters. The van der Waals surface area contributed by atoms with Gasteiger partial charge in [0, 0.05) is 48.9 Å². The molecule has 1 saturated heterocycles. The van der Waals surface area contributed by atoms with Crippen molar-refractivity contribution in [3.8, 4) is 0 Å². The van der Waals surface area contributed by atoms with Crippen molar-refractivity contribution in [1.82, 2.24) is 14.9 Å². The van der Waals surface area contributed by atoms with Crippen LogP contribution in [0.4, 0.5) is 17.3 Å². The first-order chi connectivity index (χ1) is 17.7. The average Bonchev–Trinajstić information content (AvgIpc) is 2.87. The van der Waals surface area contributed by atoms with Gasteiger partial charge in [-0.3, -0.25) is 4.79 Å². The summed E-state index contributed by atoms with van der Waals surface area (Å²) in [5.74, 6) is -0.0272. The first kappa shape index (κ1) is 26.8. The second-order valence-electron chi connectivity index (χ2n) is 8.52. The predicted octanol–water partition coefficient (Wildman–Crippen LogP) is 3.67. The molecule has 0 aliphatic carbocycles. The lowest BCUT2D eigenvalue weighted by molar-refractivity contribution is -0.113. The third-order valence-corrected chi connectivity index (χ3v) is 8.51. The molecule has 9 nitrogen and oxygen atoms in total. The molecule has 4 rings (SSSR count). The molecule has 1 fully saturated rings. The molecule has 1 aliphatic rings. The standard InChI is InChI=1S/C25H28N6O3S3/c1-18-16-19(2)27-24(26-18)29-37(33,34)22-10-8-20(9-11-22)28-23(32)17-36-25(35)31-14-12-30(13-15-31)21-6-4-3-5-7-21/h3-11,16H,12-15,17H2,1-2H3,(H,28,32)(H,26,27,29). The molecule has 1 aromatic heterocycles. The Labute approximate surface area is 226 Å². The number of hydrogen-bond donors (Lipinski definition) is 2. The van der Waals surface area contributed by atoms with Crippen LogP contribution in [0.25, 0.3) is 0 Å². The second kappa shape index (κ2) is 11.9. The van der Waals surface area contributed by atoms with Crippen LogP contribution in [0.1, 0.15) is 11.4 Å². The van der Waals surface area contributed by atoms with Gasteiger partial charge in [-0.1, -0.05) is 42.2 Å². The number of piperazine rings is 1. The number of sulfonamides is 1. The van der Waals surface area contributed by atoms with E-state index in [4.69, 9.17) is 12.2 Å². The number of para-hydroxylation sites is 1. The van der Waals surface area contributed by atoms with E-state index in [9.17, 15) is 13.2 Å². The number of thiocarbonyl (C=S) groups is 1. The summed E-state index contributed by atoms with van der Waals surface area (Å²) in [4.78, 5) is 25.2.